The summed E-state index contributed by atoms with van der Waals surface area (Å²) in [6, 6.07) is 7.25. The average molecular weight is 289 g/mol. The average Bonchev–Trinajstić information content (AvgIpc) is 2.53. The van der Waals surface area contributed by atoms with Crippen LogP contribution >= 0.6 is 0 Å². The predicted octanol–water partition coefficient (Wildman–Crippen LogP) is 3.11. The molecule has 0 saturated heterocycles. The molecule has 0 aliphatic rings. The summed E-state index contributed by atoms with van der Waals surface area (Å²) >= 11 is 0. The van der Waals surface area contributed by atoms with E-state index in [-0.39, 0.29) is 0 Å². The van der Waals surface area contributed by atoms with Crippen molar-refractivity contribution in [3.8, 4) is 23.1 Å². The van der Waals surface area contributed by atoms with Gasteiger partial charge in [0.15, 0.2) is 5.82 Å². The lowest BCUT2D eigenvalue weighted by Crippen LogP contribution is -2.05. The normalized spacial score (nSPS) is 10.0. The first kappa shape index (κ1) is 14.9. The monoisotopic (exact) mass is 289 g/mol. The number of hydrogen-bond acceptors (Lipinski definition) is 6. The van der Waals surface area contributed by atoms with Crippen LogP contribution in [0.1, 0.15) is 13.3 Å². The lowest BCUT2D eigenvalue weighted by atomic mass is 10.3. The second-order valence-electron chi connectivity index (χ2n) is 4.27. The van der Waals surface area contributed by atoms with Gasteiger partial charge in [-0.05, 0) is 30.7 Å². The van der Waals surface area contributed by atoms with E-state index in [1.165, 1.54) is 6.33 Å². The van der Waals surface area contributed by atoms with Gasteiger partial charge in [0.25, 0.3) is 5.88 Å². The van der Waals surface area contributed by atoms with Gasteiger partial charge in [0.05, 0.1) is 14.2 Å². The fraction of sp³-hybridized carbons (Fsp3) is 0.333. The van der Waals surface area contributed by atoms with Crippen LogP contribution < -0.4 is 19.5 Å². The third-order valence-corrected chi connectivity index (χ3v) is 2.79. The third kappa shape index (κ3) is 3.75. The second kappa shape index (κ2) is 7.33. The number of hydrogen-bond donors (Lipinski definition) is 1. The topological polar surface area (TPSA) is 65.5 Å². The molecule has 0 bridgehead atoms. The van der Waals surface area contributed by atoms with Crippen LogP contribution in [0.15, 0.2) is 30.6 Å². The van der Waals surface area contributed by atoms with Crippen LogP contribution in [-0.4, -0.2) is 30.7 Å². The molecule has 1 heterocycles. The maximum absolute atomic E-state index is 5.75. The van der Waals surface area contributed by atoms with Gasteiger partial charge < -0.3 is 19.5 Å². The number of methoxy groups -OCH3 is 2. The van der Waals surface area contributed by atoms with Crippen molar-refractivity contribution in [2.75, 3.05) is 26.1 Å². The standard InChI is InChI=1S/C15H19N3O3/c1-4-9-16-14-13(20-3)15(18-10-17-14)21-12-7-5-11(19-2)6-8-12/h5-8,10H,4,9H2,1-3H3,(H,16,17,18). The molecule has 21 heavy (non-hydrogen) atoms. The summed E-state index contributed by atoms with van der Waals surface area (Å²) in [7, 11) is 3.19. The first-order valence-corrected chi connectivity index (χ1v) is 6.73. The summed E-state index contributed by atoms with van der Waals surface area (Å²) in [5.41, 5.74) is 0. The van der Waals surface area contributed by atoms with Crippen molar-refractivity contribution in [2.24, 2.45) is 0 Å². The zero-order valence-electron chi connectivity index (χ0n) is 12.4. The Kier molecular flexibility index (Phi) is 5.20. The molecule has 0 radical (unpaired) electrons. The van der Waals surface area contributed by atoms with Crippen molar-refractivity contribution < 1.29 is 14.2 Å². The van der Waals surface area contributed by atoms with Crippen molar-refractivity contribution in [1.82, 2.24) is 9.97 Å². The van der Waals surface area contributed by atoms with E-state index in [2.05, 4.69) is 22.2 Å². The van der Waals surface area contributed by atoms with Crippen molar-refractivity contribution in [2.45, 2.75) is 13.3 Å². The number of benzene rings is 1. The molecule has 6 heteroatoms. The Morgan fingerprint density at radius 3 is 2.33 bits per heavy atom. The van der Waals surface area contributed by atoms with E-state index in [4.69, 9.17) is 14.2 Å². The number of nitrogens with zero attached hydrogens (tertiary/aromatic N) is 2. The van der Waals surface area contributed by atoms with Crippen molar-refractivity contribution in [3.63, 3.8) is 0 Å². The van der Waals surface area contributed by atoms with Gasteiger partial charge in [-0.1, -0.05) is 6.92 Å². The molecule has 0 aliphatic heterocycles. The highest BCUT2D eigenvalue weighted by Gasteiger charge is 2.14. The summed E-state index contributed by atoms with van der Waals surface area (Å²) in [6.07, 6.45) is 2.43. The summed E-state index contributed by atoms with van der Waals surface area (Å²) in [5, 5.41) is 3.18. The second-order valence-corrected chi connectivity index (χ2v) is 4.27. The molecule has 0 unspecified atom stereocenters. The van der Waals surface area contributed by atoms with E-state index in [1.807, 2.05) is 12.1 Å². The highest BCUT2D eigenvalue weighted by molar-refractivity contribution is 5.55. The van der Waals surface area contributed by atoms with Gasteiger partial charge in [0.1, 0.15) is 17.8 Å². The molecule has 0 fully saturated rings. The van der Waals surface area contributed by atoms with E-state index in [1.54, 1.807) is 26.4 Å². The summed E-state index contributed by atoms with van der Waals surface area (Å²) < 4.78 is 16.2. The molecule has 0 atom stereocenters. The molecular weight excluding hydrogens is 270 g/mol. The zero-order chi connectivity index (χ0) is 15.1. The molecular formula is C15H19N3O3. The quantitative estimate of drug-likeness (QED) is 0.845. The molecule has 112 valence electrons. The van der Waals surface area contributed by atoms with Crippen LogP contribution in [0.2, 0.25) is 0 Å². The van der Waals surface area contributed by atoms with E-state index in [0.717, 1.165) is 18.7 Å². The Balaban J connectivity index is 2.21. The Bertz CT molecular complexity index is 573. The van der Waals surface area contributed by atoms with Gasteiger partial charge in [0.2, 0.25) is 5.75 Å². The first-order valence-electron chi connectivity index (χ1n) is 6.73. The minimum Gasteiger partial charge on any atom is -0.497 e. The van der Waals surface area contributed by atoms with Crippen LogP contribution in [0.3, 0.4) is 0 Å². The number of ether oxygens (including phenoxy) is 3. The molecule has 1 aromatic heterocycles. The van der Waals surface area contributed by atoms with Crippen LogP contribution in [-0.2, 0) is 0 Å². The lowest BCUT2D eigenvalue weighted by Gasteiger charge is -2.13. The largest absolute Gasteiger partial charge is 0.497 e. The number of anilines is 1. The molecule has 1 aromatic carbocycles. The van der Waals surface area contributed by atoms with Crippen LogP contribution in [0.25, 0.3) is 0 Å². The van der Waals surface area contributed by atoms with E-state index < -0.39 is 0 Å². The predicted molar refractivity (Wildman–Crippen MR) is 80.4 cm³/mol. The molecule has 6 nitrogen and oxygen atoms in total. The van der Waals surface area contributed by atoms with Gasteiger partial charge in [-0.2, -0.15) is 4.98 Å². The summed E-state index contributed by atoms with van der Waals surface area (Å²) in [5.74, 6) is 2.90. The van der Waals surface area contributed by atoms with Crippen LogP contribution in [0.4, 0.5) is 5.82 Å². The van der Waals surface area contributed by atoms with E-state index in [0.29, 0.717) is 23.2 Å². The van der Waals surface area contributed by atoms with Gasteiger partial charge in [-0.3, -0.25) is 0 Å². The fourth-order valence-electron chi connectivity index (χ4n) is 1.74. The van der Waals surface area contributed by atoms with Gasteiger partial charge in [0, 0.05) is 6.54 Å². The SMILES string of the molecule is CCCNc1ncnc(Oc2ccc(OC)cc2)c1OC. The molecule has 2 rings (SSSR count). The Labute approximate surface area is 124 Å². The third-order valence-electron chi connectivity index (χ3n) is 2.79. The molecule has 0 aliphatic carbocycles. The summed E-state index contributed by atoms with van der Waals surface area (Å²) in [6.45, 7) is 2.88. The van der Waals surface area contributed by atoms with Crippen LogP contribution in [0.5, 0.6) is 23.1 Å². The first-order chi connectivity index (χ1) is 10.3. The van der Waals surface area contributed by atoms with Gasteiger partial charge in [-0.25, -0.2) is 4.98 Å². The summed E-state index contributed by atoms with van der Waals surface area (Å²) in [4.78, 5) is 8.30. The minimum absolute atomic E-state index is 0.372. The fourth-order valence-corrected chi connectivity index (χ4v) is 1.74. The van der Waals surface area contributed by atoms with Crippen molar-refractivity contribution in [3.05, 3.63) is 30.6 Å². The number of nitrogens with one attached hydrogen (secondary N) is 1. The minimum atomic E-state index is 0.372. The number of aromatic nitrogens is 2. The van der Waals surface area contributed by atoms with Crippen molar-refractivity contribution in [1.29, 1.82) is 0 Å². The molecule has 0 spiro atoms. The Hall–Kier alpha value is -2.50. The smallest absolute Gasteiger partial charge is 0.268 e. The van der Waals surface area contributed by atoms with Gasteiger partial charge >= 0.3 is 0 Å². The van der Waals surface area contributed by atoms with Gasteiger partial charge in [-0.15, -0.1) is 0 Å². The molecule has 0 amide bonds. The number of rotatable bonds is 7. The zero-order valence-corrected chi connectivity index (χ0v) is 12.4. The maximum atomic E-state index is 5.75. The Morgan fingerprint density at radius 1 is 1.00 bits per heavy atom. The lowest BCUT2D eigenvalue weighted by molar-refractivity contribution is 0.368. The van der Waals surface area contributed by atoms with Crippen molar-refractivity contribution >= 4 is 5.82 Å². The van der Waals surface area contributed by atoms with E-state index >= 15 is 0 Å². The molecule has 2 aromatic rings. The highest BCUT2D eigenvalue weighted by atomic mass is 16.5. The molecule has 1 N–H and O–H groups in total. The maximum Gasteiger partial charge on any atom is 0.268 e. The Morgan fingerprint density at radius 2 is 1.71 bits per heavy atom. The van der Waals surface area contributed by atoms with Crippen LogP contribution in [0, 0.1) is 0 Å². The molecule has 0 saturated carbocycles. The van der Waals surface area contributed by atoms with E-state index in [9.17, 15) is 0 Å². The highest BCUT2D eigenvalue weighted by Crippen LogP contribution is 2.34.